The normalized spacial score (nSPS) is 10.2. The van der Waals surface area contributed by atoms with Gasteiger partial charge in [0.2, 0.25) is 0 Å². The van der Waals surface area contributed by atoms with Gasteiger partial charge in [-0.05, 0) is 29.5 Å². The summed E-state index contributed by atoms with van der Waals surface area (Å²) in [6, 6.07) is 8.91. The fourth-order valence-corrected chi connectivity index (χ4v) is 1.70. The number of benzene rings is 1. The molecular weight excluding hydrogens is 249 g/mol. The van der Waals surface area contributed by atoms with Crippen molar-refractivity contribution < 1.29 is 13.2 Å². The van der Waals surface area contributed by atoms with E-state index in [0.717, 1.165) is 6.08 Å². The van der Waals surface area contributed by atoms with Crippen molar-refractivity contribution in [1.82, 2.24) is 0 Å². The molecule has 0 N–H and O–H groups in total. The van der Waals surface area contributed by atoms with Crippen LogP contribution in [0.3, 0.4) is 0 Å². The van der Waals surface area contributed by atoms with Crippen molar-refractivity contribution in [1.29, 1.82) is 10.5 Å². The quantitative estimate of drug-likeness (QED) is 0.596. The molecule has 0 amide bonds. The van der Waals surface area contributed by atoms with Crippen LogP contribution >= 0.6 is 11.8 Å². The van der Waals surface area contributed by atoms with E-state index in [9.17, 15) is 13.2 Å². The number of allylic oxidation sites excluding steroid dienone is 1. The first-order valence-electron chi connectivity index (χ1n) is 4.33. The number of rotatable bonds is 2. The van der Waals surface area contributed by atoms with E-state index in [1.165, 1.54) is 18.2 Å². The average Bonchev–Trinajstić information content (AvgIpc) is 2.26. The molecule has 0 saturated carbocycles. The van der Waals surface area contributed by atoms with Gasteiger partial charge in [-0.25, -0.2) is 0 Å². The molecule has 2 nitrogen and oxygen atoms in total. The first-order valence-corrected chi connectivity index (χ1v) is 5.14. The standard InChI is InChI=1S/C11H5F3N2S/c12-11(13,14)17-10-4-2-1-3-9(10)5-8(6-15)7-16/h1-5H. The second-order valence-electron chi connectivity index (χ2n) is 2.87. The Morgan fingerprint density at radius 2 is 1.76 bits per heavy atom. The minimum Gasteiger partial charge on any atom is -0.192 e. The van der Waals surface area contributed by atoms with E-state index in [2.05, 4.69) is 0 Å². The Labute approximate surface area is 100.0 Å². The van der Waals surface area contributed by atoms with Gasteiger partial charge in [0.25, 0.3) is 0 Å². The van der Waals surface area contributed by atoms with Gasteiger partial charge in [0.1, 0.15) is 17.7 Å². The molecule has 0 heterocycles. The molecule has 86 valence electrons. The second-order valence-corrected chi connectivity index (χ2v) is 3.97. The van der Waals surface area contributed by atoms with Crippen LogP contribution in [0.2, 0.25) is 0 Å². The first-order chi connectivity index (χ1) is 7.96. The summed E-state index contributed by atoms with van der Waals surface area (Å²) in [7, 11) is 0. The Kier molecular flexibility index (Phi) is 4.19. The summed E-state index contributed by atoms with van der Waals surface area (Å²) in [5, 5.41) is 17.1. The summed E-state index contributed by atoms with van der Waals surface area (Å²) in [5.41, 5.74) is -4.43. The van der Waals surface area contributed by atoms with Crippen molar-refractivity contribution in [2.24, 2.45) is 0 Å². The van der Waals surface area contributed by atoms with Gasteiger partial charge in [0.05, 0.1) is 0 Å². The summed E-state index contributed by atoms with van der Waals surface area (Å²) in [5.74, 6) is 0. The van der Waals surface area contributed by atoms with E-state index >= 15 is 0 Å². The van der Waals surface area contributed by atoms with E-state index in [1.54, 1.807) is 18.2 Å². The van der Waals surface area contributed by atoms with Crippen LogP contribution < -0.4 is 0 Å². The molecule has 0 aliphatic heterocycles. The summed E-state index contributed by atoms with van der Waals surface area (Å²) in [6.07, 6.45) is 1.13. The highest BCUT2D eigenvalue weighted by Crippen LogP contribution is 2.38. The third-order valence-corrected chi connectivity index (χ3v) is 2.51. The van der Waals surface area contributed by atoms with Crippen molar-refractivity contribution in [3.63, 3.8) is 0 Å². The minimum absolute atomic E-state index is 0.0389. The highest BCUT2D eigenvalue weighted by atomic mass is 32.2. The third-order valence-electron chi connectivity index (χ3n) is 1.69. The first kappa shape index (κ1) is 13.1. The number of nitriles is 2. The molecule has 17 heavy (non-hydrogen) atoms. The van der Waals surface area contributed by atoms with Gasteiger partial charge in [-0.2, -0.15) is 23.7 Å². The van der Waals surface area contributed by atoms with Gasteiger partial charge in [-0.3, -0.25) is 0 Å². The molecule has 1 aromatic rings. The molecule has 0 saturated heterocycles. The Balaban J connectivity index is 3.15. The average molecular weight is 254 g/mol. The highest BCUT2D eigenvalue weighted by Gasteiger charge is 2.30. The number of hydrogen-bond acceptors (Lipinski definition) is 3. The molecule has 0 atom stereocenters. The maximum Gasteiger partial charge on any atom is 0.446 e. The number of hydrogen-bond donors (Lipinski definition) is 0. The molecule has 1 rings (SSSR count). The predicted octanol–water partition coefficient (Wildman–Crippen LogP) is 3.73. The minimum atomic E-state index is -4.40. The van der Waals surface area contributed by atoms with Crippen molar-refractivity contribution >= 4 is 17.8 Å². The van der Waals surface area contributed by atoms with Crippen LogP contribution in [0.25, 0.3) is 6.08 Å². The fraction of sp³-hybridized carbons (Fsp3) is 0.0909. The lowest BCUT2D eigenvalue weighted by atomic mass is 10.1. The van der Waals surface area contributed by atoms with Gasteiger partial charge < -0.3 is 0 Å². The summed E-state index contributed by atoms with van der Waals surface area (Å²) in [4.78, 5) is -0.0389. The Morgan fingerprint density at radius 1 is 1.18 bits per heavy atom. The van der Waals surface area contributed by atoms with E-state index < -0.39 is 5.51 Å². The van der Waals surface area contributed by atoms with Crippen LogP contribution in [0.1, 0.15) is 5.56 Å². The fourth-order valence-electron chi connectivity index (χ4n) is 1.06. The number of alkyl halides is 3. The molecule has 0 spiro atoms. The molecule has 6 heteroatoms. The Bertz CT molecular complexity index is 505. The summed E-state index contributed by atoms with van der Waals surface area (Å²) in [6.45, 7) is 0. The van der Waals surface area contributed by atoms with Crippen molar-refractivity contribution in [2.45, 2.75) is 10.4 Å². The monoisotopic (exact) mass is 254 g/mol. The van der Waals surface area contributed by atoms with Crippen LogP contribution in [-0.4, -0.2) is 5.51 Å². The maximum absolute atomic E-state index is 12.2. The van der Waals surface area contributed by atoms with E-state index in [1.807, 2.05) is 0 Å². The van der Waals surface area contributed by atoms with E-state index in [-0.39, 0.29) is 27.8 Å². The molecule has 1 aromatic carbocycles. The summed E-state index contributed by atoms with van der Waals surface area (Å²) >= 11 is -0.273. The smallest absolute Gasteiger partial charge is 0.192 e. The zero-order valence-corrected chi connectivity index (χ0v) is 9.14. The Morgan fingerprint density at radius 3 is 2.29 bits per heavy atom. The second kappa shape index (κ2) is 5.42. The van der Waals surface area contributed by atoms with E-state index in [0.29, 0.717) is 0 Å². The molecule has 0 aliphatic carbocycles. The van der Waals surface area contributed by atoms with Crippen molar-refractivity contribution in [2.75, 3.05) is 0 Å². The van der Waals surface area contributed by atoms with Gasteiger partial charge >= 0.3 is 5.51 Å². The third kappa shape index (κ3) is 4.21. The summed E-state index contributed by atoms with van der Waals surface area (Å²) < 4.78 is 36.7. The molecule has 0 radical (unpaired) electrons. The number of nitrogens with zero attached hydrogens (tertiary/aromatic N) is 2. The number of halogens is 3. The van der Waals surface area contributed by atoms with Gasteiger partial charge in [0, 0.05) is 4.90 Å². The molecule has 0 bridgehead atoms. The SMILES string of the molecule is N#CC(C#N)=Cc1ccccc1SC(F)(F)F. The van der Waals surface area contributed by atoms with Crippen LogP contribution in [-0.2, 0) is 0 Å². The molecule has 0 aromatic heterocycles. The predicted molar refractivity (Wildman–Crippen MR) is 57.6 cm³/mol. The largest absolute Gasteiger partial charge is 0.446 e. The van der Waals surface area contributed by atoms with Crippen LogP contribution in [0, 0.1) is 22.7 Å². The van der Waals surface area contributed by atoms with Gasteiger partial charge in [0.15, 0.2) is 0 Å². The molecule has 0 fully saturated rings. The highest BCUT2D eigenvalue weighted by molar-refractivity contribution is 8.00. The zero-order chi connectivity index (χ0) is 12.9. The lowest BCUT2D eigenvalue weighted by Crippen LogP contribution is -1.99. The van der Waals surface area contributed by atoms with Crippen LogP contribution in [0.15, 0.2) is 34.7 Å². The van der Waals surface area contributed by atoms with Crippen molar-refractivity contribution in [3.8, 4) is 12.1 Å². The molecule has 0 unspecified atom stereocenters. The van der Waals surface area contributed by atoms with E-state index in [4.69, 9.17) is 10.5 Å². The number of thioether (sulfide) groups is 1. The van der Waals surface area contributed by atoms with Crippen LogP contribution in [0.5, 0.6) is 0 Å². The van der Waals surface area contributed by atoms with Crippen molar-refractivity contribution in [3.05, 3.63) is 35.4 Å². The lowest BCUT2D eigenvalue weighted by molar-refractivity contribution is -0.0328. The Hall–Kier alpha value is -1.92. The topological polar surface area (TPSA) is 47.6 Å². The van der Waals surface area contributed by atoms with Gasteiger partial charge in [-0.1, -0.05) is 18.2 Å². The molecule has 0 aliphatic rings. The van der Waals surface area contributed by atoms with Crippen LogP contribution in [0.4, 0.5) is 13.2 Å². The van der Waals surface area contributed by atoms with Gasteiger partial charge in [-0.15, -0.1) is 0 Å². The maximum atomic E-state index is 12.2. The zero-order valence-electron chi connectivity index (χ0n) is 8.32. The lowest BCUT2D eigenvalue weighted by Gasteiger charge is -2.07. The molecular formula is C11H5F3N2S.